The maximum atomic E-state index is 10.9. The van der Waals surface area contributed by atoms with E-state index in [0.29, 0.717) is 31.5 Å². The number of hydrogen-bond acceptors (Lipinski definition) is 10. The van der Waals surface area contributed by atoms with Crippen molar-refractivity contribution in [1.82, 2.24) is 19.9 Å². The van der Waals surface area contributed by atoms with Gasteiger partial charge in [-0.2, -0.15) is 4.98 Å². The van der Waals surface area contributed by atoms with E-state index >= 15 is 0 Å². The zero-order valence-electron chi connectivity index (χ0n) is 22.6. The summed E-state index contributed by atoms with van der Waals surface area (Å²) >= 11 is 0. The van der Waals surface area contributed by atoms with Gasteiger partial charge >= 0.3 is 5.97 Å². The minimum atomic E-state index is -0.923. The Kier molecular flexibility index (Phi) is 8.89. The van der Waals surface area contributed by atoms with Crippen molar-refractivity contribution in [3.05, 3.63) is 61.1 Å². The average molecular weight is 546 g/mol. The summed E-state index contributed by atoms with van der Waals surface area (Å²) < 4.78 is 12.1. The quantitative estimate of drug-likeness (QED) is 0.354. The van der Waals surface area contributed by atoms with Gasteiger partial charge in [0.05, 0.1) is 25.5 Å². The molecule has 2 N–H and O–H groups in total. The highest BCUT2D eigenvalue weighted by molar-refractivity contribution is 5.79. The summed E-state index contributed by atoms with van der Waals surface area (Å²) in [5, 5.41) is 12.2. The maximum absolute atomic E-state index is 10.9. The van der Waals surface area contributed by atoms with E-state index in [1.807, 2.05) is 37.3 Å². The highest BCUT2D eigenvalue weighted by Gasteiger charge is 2.24. The fraction of sp³-hybridized carbons (Fsp3) is 0.414. The third-order valence-electron chi connectivity index (χ3n) is 6.94. The topological polar surface area (TPSA) is 126 Å². The highest BCUT2D eigenvalue weighted by Crippen LogP contribution is 2.30. The Morgan fingerprint density at radius 3 is 2.67 bits per heavy atom. The number of carbonyl (C=O) groups is 1. The smallest absolute Gasteiger partial charge is 0.327 e. The van der Waals surface area contributed by atoms with Gasteiger partial charge < -0.3 is 29.7 Å². The Morgan fingerprint density at radius 1 is 1.05 bits per heavy atom. The summed E-state index contributed by atoms with van der Waals surface area (Å²) in [6.45, 7) is 5.67. The van der Waals surface area contributed by atoms with E-state index < -0.39 is 5.97 Å². The molecule has 0 amide bonds. The molecular weight excluding hydrogens is 510 g/mol. The number of anilines is 4. The molecule has 2 aromatic heterocycles. The first-order valence-corrected chi connectivity index (χ1v) is 13.8. The number of aromatic nitrogens is 4. The number of carboxylic acids is 1. The van der Waals surface area contributed by atoms with E-state index in [1.54, 1.807) is 24.7 Å². The molecule has 3 aromatic rings. The lowest BCUT2D eigenvalue weighted by molar-refractivity contribution is -0.131. The molecule has 2 atom stereocenters. The molecule has 0 bridgehead atoms. The van der Waals surface area contributed by atoms with Crippen LogP contribution in [0.3, 0.4) is 0 Å². The second kappa shape index (κ2) is 13.1. The Morgan fingerprint density at radius 2 is 1.85 bits per heavy atom. The van der Waals surface area contributed by atoms with Crippen LogP contribution in [-0.4, -0.2) is 69.9 Å². The number of nitrogens with one attached hydrogen (secondary N) is 1. The van der Waals surface area contributed by atoms with Gasteiger partial charge in [0.15, 0.2) is 17.3 Å². The third kappa shape index (κ3) is 7.16. The second-order valence-electron chi connectivity index (χ2n) is 9.88. The van der Waals surface area contributed by atoms with Crippen LogP contribution in [0.25, 0.3) is 0 Å². The van der Waals surface area contributed by atoms with Gasteiger partial charge in [0.2, 0.25) is 5.95 Å². The summed E-state index contributed by atoms with van der Waals surface area (Å²) in [5.74, 6) is 3.30. The van der Waals surface area contributed by atoms with Gasteiger partial charge in [0.1, 0.15) is 17.7 Å². The first-order chi connectivity index (χ1) is 19.6. The van der Waals surface area contributed by atoms with Crippen molar-refractivity contribution in [3.8, 4) is 11.5 Å². The Labute approximate surface area is 233 Å². The average Bonchev–Trinajstić information content (AvgIpc) is 2.98. The summed E-state index contributed by atoms with van der Waals surface area (Å²) in [6.07, 6.45) is 12.0. The molecule has 2 fully saturated rings. The summed E-state index contributed by atoms with van der Waals surface area (Å²) in [6, 6.07) is 9.64. The molecule has 11 nitrogen and oxygen atoms in total. The molecule has 2 saturated heterocycles. The van der Waals surface area contributed by atoms with Gasteiger partial charge in [0, 0.05) is 31.9 Å². The van der Waals surface area contributed by atoms with Crippen LogP contribution in [0.15, 0.2) is 61.1 Å². The predicted octanol–water partition coefficient (Wildman–Crippen LogP) is 4.31. The predicted molar refractivity (Wildman–Crippen MR) is 153 cm³/mol. The molecule has 2 aliphatic rings. The van der Waals surface area contributed by atoms with Gasteiger partial charge in [-0.05, 0) is 56.7 Å². The molecule has 1 aromatic carbocycles. The van der Waals surface area contributed by atoms with Crippen LogP contribution in [0.4, 0.5) is 23.4 Å². The molecule has 2 unspecified atom stereocenters. The van der Waals surface area contributed by atoms with E-state index in [1.165, 1.54) is 6.08 Å². The van der Waals surface area contributed by atoms with Gasteiger partial charge in [-0.3, -0.25) is 4.98 Å². The lowest BCUT2D eigenvalue weighted by atomic mass is 9.97. The van der Waals surface area contributed by atoms with E-state index in [2.05, 4.69) is 25.1 Å². The van der Waals surface area contributed by atoms with E-state index in [4.69, 9.17) is 24.5 Å². The second-order valence-corrected chi connectivity index (χ2v) is 9.88. The minimum Gasteiger partial charge on any atom is -0.490 e. The molecule has 0 radical (unpaired) electrons. The molecule has 0 aliphatic carbocycles. The fourth-order valence-corrected chi connectivity index (χ4v) is 5.11. The molecule has 2 aliphatic heterocycles. The van der Waals surface area contributed by atoms with Crippen LogP contribution < -0.4 is 24.6 Å². The molecule has 0 saturated carbocycles. The van der Waals surface area contributed by atoms with Crippen molar-refractivity contribution in [1.29, 1.82) is 0 Å². The minimum absolute atomic E-state index is 0.00694. The summed E-state index contributed by atoms with van der Waals surface area (Å²) in [4.78, 5) is 33.5. The van der Waals surface area contributed by atoms with Crippen LogP contribution in [0, 0.1) is 5.92 Å². The van der Waals surface area contributed by atoms with E-state index in [9.17, 15) is 4.79 Å². The SMILES string of the molecule is CCOc1ccccc1OC1CCCN(c2cncc(Nc3nccc(N4CCCC(/C=C/C(=O)O)C4)n3)n2)C1. The first-order valence-electron chi connectivity index (χ1n) is 13.8. The molecule has 40 heavy (non-hydrogen) atoms. The number of ether oxygens (including phenoxy) is 2. The zero-order valence-corrected chi connectivity index (χ0v) is 22.6. The number of nitrogens with zero attached hydrogens (tertiary/aromatic N) is 6. The van der Waals surface area contributed by atoms with Gasteiger partial charge in [-0.15, -0.1) is 0 Å². The normalized spacial score (nSPS) is 19.4. The maximum Gasteiger partial charge on any atom is 0.327 e. The zero-order chi connectivity index (χ0) is 27.7. The molecule has 11 heteroatoms. The van der Waals surface area contributed by atoms with Crippen LogP contribution in [0.2, 0.25) is 0 Å². The lowest BCUT2D eigenvalue weighted by Crippen LogP contribution is -2.41. The van der Waals surface area contributed by atoms with Crippen LogP contribution >= 0.6 is 0 Å². The lowest BCUT2D eigenvalue weighted by Gasteiger charge is -2.33. The van der Waals surface area contributed by atoms with Crippen molar-refractivity contribution in [3.63, 3.8) is 0 Å². The number of hydrogen-bond donors (Lipinski definition) is 2. The van der Waals surface area contributed by atoms with Crippen molar-refractivity contribution in [2.45, 2.75) is 38.7 Å². The molecule has 210 valence electrons. The first kappa shape index (κ1) is 27.2. The molecule has 4 heterocycles. The number of benzene rings is 1. The van der Waals surface area contributed by atoms with Crippen LogP contribution in [0.5, 0.6) is 11.5 Å². The Hall–Kier alpha value is -4.41. The Bertz CT molecular complexity index is 1320. The molecule has 0 spiro atoms. The fourth-order valence-electron chi connectivity index (χ4n) is 5.11. The summed E-state index contributed by atoms with van der Waals surface area (Å²) in [5.41, 5.74) is 0. The summed E-state index contributed by atoms with van der Waals surface area (Å²) in [7, 11) is 0. The van der Waals surface area contributed by atoms with Crippen molar-refractivity contribution in [2.75, 3.05) is 47.9 Å². The third-order valence-corrected chi connectivity index (χ3v) is 6.94. The number of carboxylic acid groups (broad SMARTS) is 1. The molecule has 5 rings (SSSR count). The largest absolute Gasteiger partial charge is 0.490 e. The van der Waals surface area contributed by atoms with E-state index in [0.717, 1.165) is 61.9 Å². The van der Waals surface area contributed by atoms with Gasteiger partial charge in [-0.25, -0.2) is 14.8 Å². The standard InChI is InChI=1S/C29H35N7O4/c1-2-39-23-9-3-4-10-24(23)40-22-8-6-16-36(20-22)27-18-30-17-25(32-27)33-29-31-14-13-26(34-29)35-15-5-7-21(19-35)11-12-28(37)38/h3-4,9-14,17-18,21-22H,2,5-8,15-16,19-20H2,1H3,(H,37,38)(H,31,32,33,34)/b12-11+. The molecular formula is C29H35N7O4. The van der Waals surface area contributed by atoms with Crippen LogP contribution in [0.1, 0.15) is 32.6 Å². The van der Waals surface area contributed by atoms with Gasteiger partial charge in [-0.1, -0.05) is 18.2 Å². The van der Waals surface area contributed by atoms with Crippen molar-refractivity contribution in [2.24, 2.45) is 5.92 Å². The van der Waals surface area contributed by atoms with Crippen molar-refractivity contribution < 1.29 is 19.4 Å². The number of rotatable bonds is 10. The monoisotopic (exact) mass is 545 g/mol. The number of para-hydroxylation sites is 2. The Balaban J connectivity index is 1.23. The van der Waals surface area contributed by atoms with Crippen LogP contribution in [-0.2, 0) is 4.79 Å². The highest BCUT2D eigenvalue weighted by atomic mass is 16.5. The van der Waals surface area contributed by atoms with Gasteiger partial charge in [0.25, 0.3) is 0 Å². The number of aliphatic carboxylic acids is 1. The number of piperidine rings is 2. The van der Waals surface area contributed by atoms with E-state index in [-0.39, 0.29) is 12.0 Å². The van der Waals surface area contributed by atoms with Crippen molar-refractivity contribution >= 4 is 29.4 Å².